The molecule has 80 valence electrons. The summed E-state index contributed by atoms with van der Waals surface area (Å²) in [6.07, 6.45) is 6.91. The van der Waals surface area contributed by atoms with Gasteiger partial charge in [0.1, 0.15) is 0 Å². The van der Waals surface area contributed by atoms with Gasteiger partial charge in [0.25, 0.3) is 0 Å². The summed E-state index contributed by atoms with van der Waals surface area (Å²) in [7, 11) is 1.79. The van der Waals surface area contributed by atoms with Crippen LogP contribution in [0.3, 0.4) is 0 Å². The zero-order valence-electron chi connectivity index (χ0n) is 8.92. The third kappa shape index (κ3) is 1.59. The fraction of sp³-hybridized carbons (Fsp3) is 0.900. The standard InChI is InChI=1S/C10H20N4/c1-12-9(13-11)14-7-6-10(8-14)4-2-3-5-10/h2-8,11H2,1H3,(H,12,13). The number of hydrazine groups is 1. The number of hydrogen-bond donors (Lipinski definition) is 2. The van der Waals surface area contributed by atoms with Crippen LogP contribution in [0.2, 0.25) is 0 Å². The second-order valence-electron chi connectivity index (χ2n) is 4.57. The summed E-state index contributed by atoms with van der Waals surface area (Å²) >= 11 is 0. The maximum absolute atomic E-state index is 5.43. The number of guanidine groups is 1. The van der Waals surface area contributed by atoms with Crippen LogP contribution in [-0.4, -0.2) is 31.0 Å². The van der Waals surface area contributed by atoms with Gasteiger partial charge < -0.3 is 4.90 Å². The van der Waals surface area contributed by atoms with E-state index in [0.29, 0.717) is 5.41 Å². The van der Waals surface area contributed by atoms with Crippen LogP contribution < -0.4 is 11.3 Å². The Morgan fingerprint density at radius 1 is 1.36 bits per heavy atom. The first kappa shape index (κ1) is 9.77. The number of nitrogens with one attached hydrogen (secondary N) is 1. The highest BCUT2D eigenvalue weighted by atomic mass is 15.4. The van der Waals surface area contributed by atoms with Crippen molar-refractivity contribution in [2.24, 2.45) is 16.3 Å². The van der Waals surface area contributed by atoms with Crippen LogP contribution in [0.25, 0.3) is 0 Å². The van der Waals surface area contributed by atoms with Crippen molar-refractivity contribution in [3.8, 4) is 0 Å². The molecule has 0 atom stereocenters. The lowest BCUT2D eigenvalue weighted by atomic mass is 9.86. The van der Waals surface area contributed by atoms with E-state index in [-0.39, 0.29) is 0 Å². The van der Waals surface area contributed by atoms with E-state index in [1.54, 1.807) is 7.05 Å². The quantitative estimate of drug-likeness (QED) is 0.259. The van der Waals surface area contributed by atoms with E-state index in [4.69, 9.17) is 5.84 Å². The second-order valence-corrected chi connectivity index (χ2v) is 4.57. The van der Waals surface area contributed by atoms with Crippen LogP contribution in [0.5, 0.6) is 0 Å². The zero-order chi connectivity index (χ0) is 10.0. The van der Waals surface area contributed by atoms with Crippen LogP contribution in [-0.2, 0) is 0 Å². The normalized spacial score (nSPS) is 26.1. The van der Waals surface area contributed by atoms with Crippen LogP contribution in [0, 0.1) is 5.41 Å². The van der Waals surface area contributed by atoms with Gasteiger partial charge in [0.15, 0.2) is 0 Å². The molecule has 1 heterocycles. The average molecular weight is 196 g/mol. The second kappa shape index (κ2) is 3.77. The highest BCUT2D eigenvalue weighted by Gasteiger charge is 2.40. The van der Waals surface area contributed by atoms with E-state index < -0.39 is 0 Å². The van der Waals surface area contributed by atoms with E-state index in [2.05, 4.69) is 15.3 Å². The minimum Gasteiger partial charge on any atom is -0.341 e. The number of likely N-dealkylation sites (tertiary alicyclic amines) is 1. The van der Waals surface area contributed by atoms with Gasteiger partial charge in [-0.3, -0.25) is 10.4 Å². The van der Waals surface area contributed by atoms with Gasteiger partial charge in [-0.05, 0) is 24.7 Å². The molecule has 0 aromatic rings. The van der Waals surface area contributed by atoms with Gasteiger partial charge >= 0.3 is 0 Å². The molecular formula is C10H20N4. The molecule has 2 rings (SSSR count). The number of hydrogen-bond acceptors (Lipinski definition) is 2. The molecule has 4 heteroatoms. The van der Waals surface area contributed by atoms with Crippen molar-refractivity contribution in [3.63, 3.8) is 0 Å². The van der Waals surface area contributed by atoms with Gasteiger partial charge in [0.2, 0.25) is 5.96 Å². The Hall–Kier alpha value is -0.770. The Labute approximate surface area is 85.5 Å². The van der Waals surface area contributed by atoms with E-state index >= 15 is 0 Å². The van der Waals surface area contributed by atoms with Crippen molar-refractivity contribution >= 4 is 5.96 Å². The van der Waals surface area contributed by atoms with E-state index in [1.165, 1.54) is 32.1 Å². The monoisotopic (exact) mass is 196 g/mol. The third-order valence-corrected chi connectivity index (χ3v) is 3.74. The zero-order valence-corrected chi connectivity index (χ0v) is 8.92. The average Bonchev–Trinajstić information content (AvgIpc) is 2.81. The lowest BCUT2D eigenvalue weighted by Gasteiger charge is -2.24. The molecule has 0 amide bonds. The van der Waals surface area contributed by atoms with Crippen molar-refractivity contribution < 1.29 is 0 Å². The van der Waals surface area contributed by atoms with Gasteiger partial charge in [0.05, 0.1) is 0 Å². The van der Waals surface area contributed by atoms with E-state index in [0.717, 1.165) is 19.0 Å². The SMILES string of the molecule is CN=C(NN)N1CCC2(CCCC2)C1. The molecule has 14 heavy (non-hydrogen) atoms. The molecule has 0 bridgehead atoms. The Bertz CT molecular complexity index is 230. The Morgan fingerprint density at radius 3 is 2.64 bits per heavy atom. The van der Waals surface area contributed by atoms with Crippen LogP contribution in [0.1, 0.15) is 32.1 Å². The summed E-state index contributed by atoms with van der Waals surface area (Å²) < 4.78 is 0. The van der Waals surface area contributed by atoms with Crippen molar-refractivity contribution in [2.75, 3.05) is 20.1 Å². The predicted molar refractivity (Wildman–Crippen MR) is 57.8 cm³/mol. The molecule has 0 aromatic heterocycles. The molecule has 1 aliphatic carbocycles. The van der Waals surface area contributed by atoms with Gasteiger partial charge in [-0.25, -0.2) is 5.84 Å². The van der Waals surface area contributed by atoms with Gasteiger partial charge in [-0.2, -0.15) is 0 Å². The van der Waals surface area contributed by atoms with Gasteiger partial charge in [-0.1, -0.05) is 12.8 Å². The van der Waals surface area contributed by atoms with E-state index in [1.807, 2.05) is 0 Å². The lowest BCUT2D eigenvalue weighted by Crippen LogP contribution is -2.44. The van der Waals surface area contributed by atoms with Crippen LogP contribution in [0.4, 0.5) is 0 Å². The number of rotatable bonds is 0. The lowest BCUT2D eigenvalue weighted by molar-refractivity contribution is 0.309. The maximum atomic E-state index is 5.43. The highest BCUT2D eigenvalue weighted by molar-refractivity contribution is 5.79. The fourth-order valence-corrected chi connectivity index (χ4v) is 2.95. The fourth-order valence-electron chi connectivity index (χ4n) is 2.95. The van der Waals surface area contributed by atoms with Crippen molar-refractivity contribution in [2.45, 2.75) is 32.1 Å². The third-order valence-electron chi connectivity index (χ3n) is 3.74. The first-order valence-electron chi connectivity index (χ1n) is 5.48. The summed E-state index contributed by atoms with van der Waals surface area (Å²) in [6.45, 7) is 2.25. The van der Waals surface area contributed by atoms with E-state index in [9.17, 15) is 0 Å². The first-order valence-corrected chi connectivity index (χ1v) is 5.48. The Balaban J connectivity index is 2.00. The van der Waals surface area contributed by atoms with Gasteiger partial charge in [0, 0.05) is 20.1 Å². The minimum atomic E-state index is 0.590. The molecule has 2 fully saturated rings. The summed E-state index contributed by atoms with van der Waals surface area (Å²) in [5, 5.41) is 0. The van der Waals surface area contributed by atoms with Gasteiger partial charge in [-0.15, -0.1) is 0 Å². The number of nitrogens with zero attached hydrogens (tertiary/aromatic N) is 2. The predicted octanol–water partition coefficient (Wildman–Crippen LogP) is 0.702. The molecule has 0 aromatic carbocycles. The molecule has 1 aliphatic heterocycles. The van der Waals surface area contributed by atoms with Crippen molar-refractivity contribution in [3.05, 3.63) is 0 Å². The molecule has 1 saturated heterocycles. The largest absolute Gasteiger partial charge is 0.341 e. The Morgan fingerprint density at radius 2 is 2.07 bits per heavy atom. The van der Waals surface area contributed by atoms with Crippen LogP contribution in [0.15, 0.2) is 4.99 Å². The van der Waals surface area contributed by atoms with Crippen molar-refractivity contribution in [1.82, 2.24) is 10.3 Å². The minimum absolute atomic E-state index is 0.590. The molecule has 2 aliphatic rings. The molecule has 0 unspecified atom stereocenters. The molecule has 0 radical (unpaired) electrons. The summed E-state index contributed by atoms with van der Waals surface area (Å²) in [4.78, 5) is 6.43. The maximum Gasteiger partial charge on any atom is 0.208 e. The smallest absolute Gasteiger partial charge is 0.208 e. The number of nitrogens with two attached hydrogens (primary N) is 1. The molecule has 1 spiro atoms. The molecule has 4 nitrogen and oxygen atoms in total. The highest BCUT2D eigenvalue weighted by Crippen LogP contribution is 2.45. The summed E-state index contributed by atoms with van der Waals surface area (Å²) in [5.41, 5.74) is 3.27. The summed E-state index contributed by atoms with van der Waals surface area (Å²) in [5.74, 6) is 6.27. The molecule has 3 N–H and O–H groups in total. The molecule has 1 saturated carbocycles. The first-order chi connectivity index (χ1) is 6.79. The number of aliphatic imine (C=N–C) groups is 1. The van der Waals surface area contributed by atoms with Crippen LogP contribution >= 0.6 is 0 Å². The van der Waals surface area contributed by atoms with Crippen molar-refractivity contribution in [1.29, 1.82) is 0 Å². The topological polar surface area (TPSA) is 53.6 Å². The molecular weight excluding hydrogens is 176 g/mol. The summed E-state index contributed by atoms with van der Waals surface area (Å²) in [6, 6.07) is 0. The Kier molecular flexibility index (Phi) is 2.63.